The number of aryl methyl sites for hydroxylation is 1. The van der Waals surface area contributed by atoms with Gasteiger partial charge in [-0.2, -0.15) is 0 Å². The number of amides is 5. The van der Waals surface area contributed by atoms with Gasteiger partial charge in [-0.05, 0) is 48.9 Å². The third-order valence-electron chi connectivity index (χ3n) is 6.81. The summed E-state index contributed by atoms with van der Waals surface area (Å²) in [5, 5.41) is 5.44. The normalized spacial score (nSPS) is 23.5. The summed E-state index contributed by atoms with van der Waals surface area (Å²) in [6.07, 6.45) is 2.13. The van der Waals surface area contributed by atoms with Gasteiger partial charge in [-0.25, -0.2) is 4.79 Å². The lowest BCUT2D eigenvalue weighted by Gasteiger charge is -2.34. The molecule has 0 aromatic heterocycles. The van der Waals surface area contributed by atoms with E-state index < -0.39 is 36.0 Å². The molecule has 34 heavy (non-hydrogen) atoms. The Morgan fingerprint density at radius 3 is 2.71 bits per heavy atom. The van der Waals surface area contributed by atoms with Gasteiger partial charge in [-0.3, -0.25) is 19.3 Å². The van der Waals surface area contributed by atoms with E-state index in [9.17, 15) is 19.2 Å². The van der Waals surface area contributed by atoms with Crippen molar-refractivity contribution in [2.45, 2.75) is 37.3 Å². The zero-order chi connectivity index (χ0) is 23.9. The van der Waals surface area contributed by atoms with Crippen molar-refractivity contribution in [1.82, 2.24) is 15.5 Å². The Hall–Kier alpha value is -3.88. The van der Waals surface area contributed by atoms with Gasteiger partial charge in [0.15, 0.2) is 6.10 Å². The van der Waals surface area contributed by atoms with Gasteiger partial charge in [0.25, 0.3) is 11.8 Å². The molecule has 0 radical (unpaired) electrons. The number of para-hydroxylation sites is 2. The second kappa shape index (κ2) is 8.48. The van der Waals surface area contributed by atoms with Crippen LogP contribution in [0, 0.1) is 0 Å². The molecule has 2 atom stereocenters. The Balaban J connectivity index is 1.43. The molecule has 2 aromatic carbocycles. The van der Waals surface area contributed by atoms with Gasteiger partial charge >= 0.3 is 6.03 Å². The van der Waals surface area contributed by atoms with Gasteiger partial charge in [-0.15, -0.1) is 0 Å². The van der Waals surface area contributed by atoms with Crippen LogP contribution >= 0.6 is 0 Å². The summed E-state index contributed by atoms with van der Waals surface area (Å²) >= 11 is 0. The Bertz CT molecular complexity index is 1180. The minimum atomic E-state index is -1.15. The summed E-state index contributed by atoms with van der Waals surface area (Å²) in [6.45, 7) is -0.448. The number of fused-ring (bicyclic) bond motifs is 3. The van der Waals surface area contributed by atoms with Gasteiger partial charge in [-0.1, -0.05) is 36.4 Å². The molecule has 2 heterocycles. The molecule has 0 unspecified atom stereocenters. The van der Waals surface area contributed by atoms with E-state index in [1.165, 1.54) is 11.9 Å². The van der Waals surface area contributed by atoms with E-state index in [-0.39, 0.29) is 12.5 Å². The maximum absolute atomic E-state index is 13.7. The van der Waals surface area contributed by atoms with E-state index in [1.54, 1.807) is 24.3 Å². The topological polar surface area (TPSA) is 108 Å². The van der Waals surface area contributed by atoms with E-state index in [0.29, 0.717) is 17.9 Å². The van der Waals surface area contributed by atoms with Crippen LogP contribution in [0.5, 0.6) is 5.75 Å². The van der Waals surface area contributed by atoms with Crippen molar-refractivity contribution in [3.8, 4) is 5.75 Å². The number of ether oxygens (including phenoxy) is 1. The first-order chi connectivity index (χ1) is 16.4. The largest absolute Gasteiger partial charge is 0.477 e. The maximum Gasteiger partial charge on any atom is 0.325 e. The number of nitrogens with one attached hydrogen (secondary N) is 2. The zero-order valence-electron chi connectivity index (χ0n) is 18.9. The van der Waals surface area contributed by atoms with Crippen LogP contribution in [0.15, 0.2) is 48.5 Å². The quantitative estimate of drug-likeness (QED) is 0.675. The molecule has 1 saturated heterocycles. The number of benzene rings is 2. The summed E-state index contributed by atoms with van der Waals surface area (Å²) in [6, 6.07) is 14.0. The van der Waals surface area contributed by atoms with Crippen LogP contribution in [-0.4, -0.2) is 54.9 Å². The number of rotatable bonds is 3. The maximum atomic E-state index is 13.7. The standard InChI is InChI=1S/C25H26N4O5/c1-26-22(31)20-14-28(18-11-4-5-12-19(18)34-20)21(30)15-29-23(32)25(27-24(29)33)13-7-6-9-16-8-2-3-10-17(16)25/h2-5,8,10-12,20H,6-7,9,13-15H2,1H3,(H,26,31)(H,27,33)/t20-,25+/m1/s1. The predicted molar refractivity (Wildman–Crippen MR) is 123 cm³/mol. The Morgan fingerprint density at radius 2 is 1.88 bits per heavy atom. The number of nitrogens with zero attached hydrogens (tertiary/aromatic N) is 2. The second-order valence-corrected chi connectivity index (χ2v) is 8.78. The molecule has 0 bridgehead atoms. The Kier molecular flexibility index (Phi) is 5.47. The summed E-state index contributed by atoms with van der Waals surface area (Å²) in [4.78, 5) is 54.7. The molecule has 2 aliphatic heterocycles. The average Bonchev–Trinajstić information content (AvgIpc) is 2.99. The van der Waals surface area contributed by atoms with Gasteiger partial charge in [0.2, 0.25) is 5.91 Å². The number of likely N-dealkylation sites (N-methyl/N-ethyl adjacent to an activating group) is 1. The molecule has 5 amide bonds. The minimum Gasteiger partial charge on any atom is -0.477 e. The molecule has 3 aliphatic rings. The number of anilines is 1. The smallest absolute Gasteiger partial charge is 0.325 e. The molecule has 2 N–H and O–H groups in total. The molecule has 9 heteroatoms. The highest BCUT2D eigenvalue weighted by atomic mass is 16.5. The summed E-state index contributed by atoms with van der Waals surface area (Å²) < 4.78 is 5.75. The number of urea groups is 1. The van der Waals surface area contributed by atoms with Crippen molar-refractivity contribution in [2.75, 3.05) is 25.0 Å². The van der Waals surface area contributed by atoms with Gasteiger partial charge < -0.3 is 20.3 Å². The third-order valence-corrected chi connectivity index (χ3v) is 6.81. The van der Waals surface area contributed by atoms with E-state index in [0.717, 1.165) is 35.3 Å². The molecular formula is C25H26N4O5. The fraction of sp³-hybridized carbons (Fsp3) is 0.360. The first-order valence-electron chi connectivity index (χ1n) is 11.4. The molecule has 1 fully saturated rings. The van der Waals surface area contributed by atoms with Crippen LogP contribution < -0.4 is 20.3 Å². The number of hydrogen-bond donors (Lipinski definition) is 2. The van der Waals surface area contributed by atoms with E-state index in [4.69, 9.17) is 4.74 Å². The van der Waals surface area contributed by atoms with Gasteiger partial charge in [0.05, 0.1) is 12.2 Å². The molecule has 1 aliphatic carbocycles. The fourth-order valence-corrected chi connectivity index (χ4v) is 5.11. The van der Waals surface area contributed by atoms with E-state index in [2.05, 4.69) is 10.6 Å². The van der Waals surface area contributed by atoms with Crippen LogP contribution in [0.1, 0.15) is 30.4 Å². The molecule has 0 saturated carbocycles. The highest BCUT2D eigenvalue weighted by Gasteiger charge is 2.54. The van der Waals surface area contributed by atoms with E-state index in [1.807, 2.05) is 24.3 Å². The predicted octanol–water partition coefficient (Wildman–Crippen LogP) is 1.70. The lowest BCUT2D eigenvalue weighted by atomic mass is 9.84. The zero-order valence-corrected chi connectivity index (χ0v) is 18.9. The highest BCUT2D eigenvalue weighted by Crippen LogP contribution is 2.39. The Labute approximate surface area is 197 Å². The van der Waals surface area contributed by atoms with Crippen molar-refractivity contribution < 1.29 is 23.9 Å². The molecule has 2 aromatic rings. The summed E-state index contributed by atoms with van der Waals surface area (Å²) in [7, 11) is 1.50. The monoisotopic (exact) mass is 462 g/mol. The first kappa shape index (κ1) is 21.9. The molecule has 9 nitrogen and oxygen atoms in total. The summed E-state index contributed by atoms with van der Waals surface area (Å²) in [5.74, 6) is -0.852. The van der Waals surface area contributed by atoms with Gasteiger partial charge in [0, 0.05) is 7.05 Å². The molecule has 176 valence electrons. The fourth-order valence-electron chi connectivity index (χ4n) is 5.11. The van der Waals surface area contributed by atoms with Crippen LogP contribution in [0.25, 0.3) is 0 Å². The average molecular weight is 463 g/mol. The summed E-state index contributed by atoms with van der Waals surface area (Å²) in [5.41, 5.74) is 1.18. The van der Waals surface area contributed by atoms with E-state index >= 15 is 0 Å². The Morgan fingerprint density at radius 1 is 1.12 bits per heavy atom. The van der Waals surface area contributed by atoms with Crippen molar-refractivity contribution in [3.05, 3.63) is 59.7 Å². The van der Waals surface area contributed by atoms with Gasteiger partial charge in [0.1, 0.15) is 17.8 Å². The number of carbonyl (C=O) groups is 4. The highest BCUT2D eigenvalue weighted by molar-refractivity contribution is 6.11. The first-order valence-corrected chi connectivity index (χ1v) is 11.4. The molecule has 1 spiro atoms. The number of hydrogen-bond acceptors (Lipinski definition) is 5. The van der Waals surface area contributed by atoms with Crippen LogP contribution in [-0.2, 0) is 26.3 Å². The van der Waals surface area contributed by atoms with Crippen LogP contribution in [0.3, 0.4) is 0 Å². The number of imide groups is 1. The lowest BCUT2D eigenvalue weighted by Crippen LogP contribution is -2.53. The number of carbonyl (C=O) groups excluding carboxylic acids is 4. The molecule has 5 rings (SSSR count). The van der Waals surface area contributed by atoms with Crippen molar-refractivity contribution >= 4 is 29.4 Å². The minimum absolute atomic E-state index is 0.0207. The molecular weight excluding hydrogens is 436 g/mol. The van der Waals surface area contributed by atoms with Crippen molar-refractivity contribution in [2.24, 2.45) is 0 Å². The van der Waals surface area contributed by atoms with Crippen molar-refractivity contribution in [1.29, 1.82) is 0 Å². The second-order valence-electron chi connectivity index (χ2n) is 8.78. The van der Waals surface area contributed by atoms with Crippen LogP contribution in [0.2, 0.25) is 0 Å². The van der Waals surface area contributed by atoms with Crippen LogP contribution in [0.4, 0.5) is 10.5 Å². The third kappa shape index (κ3) is 3.48. The SMILES string of the molecule is CNC(=O)[C@H]1CN(C(=O)CN2C(=O)N[C@]3(CCCCc4ccccc43)C2=O)c2ccccc2O1. The lowest BCUT2D eigenvalue weighted by molar-refractivity contribution is -0.135. The van der Waals surface area contributed by atoms with Crippen molar-refractivity contribution in [3.63, 3.8) is 0 Å².